The predicted molar refractivity (Wildman–Crippen MR) is 69.0 cm³/mol. The van der Waals surface area contributed by atoms with E-state index in [4.69, 9.17) is 4.42 Å². The monoisotopic (exact) mass is 327 g/mol. The van der Waals surface area contributed by atoms with E-state index in [-0.39, 0.29) is 5.91 Å². The van der Waals surface area contributed by atoms with Gasteiger partial charge in [-0.05, 0) is 40.3 Å². The van der Waals surface area contributed by atoms with Crippen molar-refractivity contribution in [1.29, 1.82) is 0 Å². The van der Waals surface area contributed by atoms with Crippen molar-refractivity contribution in [3.05, 3.63) is 57.6 Å². The highest BCUT2D eigenvalue weighted by molar-refractivity contribution is 14.1. The van der Waals surface area contributed by atoms with Gasteiger partial charge in [-0.1, -0.05) is 18.2 Å². The molecular formula is C12H10INO2. The third-order valence-electron chi connectivity index (χ3n) is 2.18. The summed E-state index contributed by atoms with van der Waals surface area (Å²) < 4.78 is 6.00. The summed E-state index contributed by atoms with van der Waals surface area (Å²) in [6.45, 7) is 0.531. The van der Waals surface area contributed by atoms with E-state index in [9.17, 15) is 4.79 Å². The Kier molecular flexibility index (Phi) is 3.61. The van der Waals surface area contributed by atoms with E-state index in [0.29, 0.717) is 12.1 Å². The maximum atomic E-state index is 11.6. The van der Waals surface area contributed by atoms with Crippen molar-refractivity contribution >= 4 is 28.5 Å². The molecule has 0 radical (unpaired) electrons. The fourth-order valence-corrected chi connectivity index (χ4v) is 1.89. The summed E-state index contributed by atoms with van der Waals surface area (Å²) in [7, 11) is 0. The van der Waals surface area contributed by atoms with Crippen LogP contribution in [0.5, 0.6) is 0 Å². The van der Waals surface area contributed by atoms with Crippen molar-refractivity contribution in [1.82, 2.24) is 5.32 Å². The van der Waals surface area contributed by atoms with E-state index >= 15 is 0 Å². The first-order chi connectivity index (χ1) is 7.77. The highest BCUT2D eigenvalue weighted by Gasteiger charge is 2.06. The third kappa shape index (κ3) is 2.63. The number of hydrogen-bond acceptors (Lipinski definition) is 2. The standard InChI is InChI=1S/C12H10INO2/c13-11-4-2-1-3-9(11)7-14-12(15)10-5-6-16-8-10/h1-6,8H,7H2,(H,14,15). The number of amides is 1. The van der Waals surface area contributed by atoms with Crippen LogP contribution in [0.2, 0.25) is 0 Å². The number of nitrogens with one attached hydrogen (secondary N) is 1. The molecule has 82 valence electrons. The van der Waals surface area contributed by atoms with E-state index in [1.54, 1.807) is 6.07 Å². The van der Waals surface area contributed by atoms with Crippen LogP contribution in [0, 0.1) is 3.57 Å². The summed E-state index contributed by atoms with van der Waals surface area (Å²) in [5, 5.41) is 2.84. The Labute approximate surface area is 107 Å². The lowest BCUT2D eigenvalue weighted by atomic mass is 10.2. The molecule has 4 heteroatoms. The number of benzene rings is 1. The second-order valence-corrected chi connectivity index (χ2v) is 4.45. The molecule has 0 fully saturated rings. The van der Waals surface area contributed by atoms with Crippen LogP contribution < -0.4 is 5.32 Å². The van der Waals surface area contributed by atoms with Crippen molar-refractivity contribution in [2.24, 2.45) is 0 Å². The van der Waals surface area contributed by atoms with Crippen LogP contribution >= 0.6 is 22.6 Å². The predicted octanol–water partition coefficient (Wildman–Crippen LogP) is 2.81. The normalized spacial score (nSPS) is 10.1. The molecule has 0 bridgehead atoms. The lowest BCUT2D eigenvalue weighted by Gasteiger charge is -2.05. The molecule has 0 aliphatic heterocycles. The fraction of sp³-hybridized carbons (Fsp3) is 0.0833. The average Bonchev–Trinajstić information content (AvgIpc) is 2.81. The molecule has 0 aliphatic carbocycles. The fourth-order valence-electron chi connectivity index (χ4n) is 1.31. The molecule has 3 nitrogen and oxygen atoms in total. The molecule has 1 N–H and O–H groups in total. The van der Waals surface area contributed by atoms with Gasteiger partial charge in [0.2, 0.25) is 0 Å². The first kappa shape index (κ1) is 11.2. The Morgan fingerprint density at radius 2 is 2.12 bits per heavy atom. The van der Waals surface area contributed by atoms with Crippen LogP contribution in [-0.2, 0) is 6.54 Å². The van der Waals surface area contributed by atoms with E-state index < -0.39 is 0 Å². The molecule has 0 atom stereocenters. The van der Waals surface area contributed by atoms with Gasteiger partial charge in [0.15, 0.2) is 0 Å². The molecular weight excluding hydrogens is 317 g/mol. The van der Waals surface area contributed by atoms with Crippen molar-refractivity contribution < 1.29 is 9.21 Å². The van der Waals surface area contributed by atoms with Crippen molar-refractivity contribution in [3.8, 4) is 0 Å². The summed E-state index contributed by atoms with van der Waals surface area (Å²) in [6.07, 6.45) is 2.92. The van der Waals surface area contributed by atoms with Gasteiger partial charge in [-0.25, -0.2) is 0 Å². The van der Waals surface area contributed by atoms with Crippen LogP contribution in [0.3, 0.4) is 0 Å². The highest BCUT2D eigenvalue weighted by atomic mass is 127. The molecule has 1 aromatic heterocycles. The summed E-state index contributed by atoms with van der Waals surface area (Å²) >= 11 is 2.25. The number of hydrogen-bond donors (Lipinski definition) is 1. The Morgan fingerprint density at radius 3 is 2.81 bits per heavy atom. The molecule has 0 spiro atoms. The number of carbonyl (C=O) groups excluding carboxylic acids is 1. The summed E-state index contributed by atoms with van der Waals surface area (Å²) in [6, 6.07) is 9.59. The van der Waals surface area contributed by atoms with Crippen LogP contribution in [0.4, 0.5) is 0 Å². The van der Waals surface area contributed by atoms with E-state index in [1.165, 1.54) is 12.5 Å². The topological polar surface area (TPSA) is 42.2 Å². The lowest BCUT2D eigenvalue weighted by molar-refractivity contribution is 0.0950. The van der Waals surface area contributed by atoms with Gasteiger partial charge in [-0.15, -0.1) is 0 Å². The van der Waals surface area contributed by atoms with Crippen LogP contribution in [-0.4, -0.2) is 5.91 Å². The quantitative estimate of drug-likeness (QED) is 0.881. The SMILES string of the molecule is O=C(NCc1ccccc1I)c1ccoc1. The van der Waals surface area contributed by atoms with Gasteiger partial charge in [0, 0.05) is 10.1 Å². The smallest absolute Gasteiger partial charge is 0.254 e. The van der Waals surface area contributed by atoms with Gasteiger partial charge in [0.1, 0.15) is 6.26 Å². The summed E-state index contributed by atoms with van der Waals surface area (Å²) in [4.78, 5) is 11.6. The number of halogens is 1. The van der Waals surface area contributed by atoms with Crippen molar-refractivity contribution in [2.45, 2.75) is 6.54 Å². The molecule has 1 amide bonds. The minimum absolute atomic E-state index is 0.117. The largest absolute Gasteiger partial charge is 0.472 e. The van der Waals surface area contributed by atoms with Crippen LogP contribution in [0.1, 0.15) is 15.9 Å². The average molecular weight is 327 g/mol. The van der Waals surface area contributed by atoms with Gasteiger partial charge in [0.05, 0.1) is 11.8 Å². The molecule has 0 aliphatic rings. The maximum Gasteiger partial charge on any atom is 0.254 e. The molecule has 0 unspecified atom stereocenters. The molecule has 2 rings (SSSR count). The molecule has 0 saturated heterocycles. The van der Waals surface area contributed by atoms with Gasteiger partial charge in [-0.2, -0.15) is 0 Å². The molecule has 1 aromatic carbocycles. The second-order valence-electron chi connectivity index (χ2n) is 3.29. The molecule has 1 heterocycles. The Balaban J connectivity index is 1.98. The van der Waals surface area contributed by atoms with Gasteiger partial charge in [-0.3, -0.25) is 4.79 Å². The molecule has 2 aromatic rings. The van der Waals surface area contributed by atoms with Crippen LogP contribution in [0.25, 0.3) is 0 Å². The lowest BCUT2D eigenvalue weighted by Crippen LogP contribution is -2.22. The Morgan fingerprint density at radius 1 is 1.31 bits per heavy atom. The zero-order valence-electron chi connectivity index (χ0n) is 8.44. The van der Waals surface area contributed by atoms with E-state index in [1.807, 2.05) is 24.3 Å². The minimum atomic E-state index is -0.117. The highest BCUT2D eigenvalue weighted by Crippen LogP contribution is 2.11. The molecule has 0 saturated carbocycles. The van der Waals surface area contributed by atoms with Gasteiger partial charge in [0.25, 0.3) is 5.91 Å². The van der Waals surface area contributed by atoms with Crippen molar-refractivity contribution in [3.63, 3.8) is 0 Å². The summed E-state index contributed by atoms with van der Waals surface area (Å²) in [5.41, 5.74) is 1.66. The zero-order valence-corrected chi connectivity index (χ0v) is 10.6. The first-order valence-corrected chi connectivity index (χ1v) is 5.89. The Hall–Kier alpha value is -1.30. The summed E-state index contributed by atoms with van der Waals surface area (Å²) in [5.74, 6) is -0.117. The maximum absolute atomic E-state index is 11.6. The van der Waals surface area contributed by atoms with Gasteiger partial charge < -0.3 is 9.73 Å². The minimum Gasteiger partial charge on any atom is -0.472 e. The molecule has 16 heavy (non-hydrogen) atoms. The first-order valence-electron chi connectivity index (χ1n) is 4.81. The van der Waals surface area contributed by atoms with Gasteiger partial charge >= 0.3 is 0 Å². The second kappa shape index (κ2) is 5.16. The number of carbonyl (C=O) groups is 1. The third-order valence-corrected chi connectivity index (χ3v) is 3.23. The number of rotatable bonds is 3. The van der Waals surface area contributed by atoms with E-state index in [2.05, 4.69) is 27.9 Å². The van der Waals surface area contributed by atoms with Crippen LogP contribution in [0.15, 0.2) is 47.3 Å². The number of furan rings is 1. The van der Waals surface area contributed by atoms with Crippen molar-refractivity contribution in [2.75, 3.05) is 0 Å². The zero-order chi connectivity index (χ0) is 11.4. The Bertz CT molecular complexity index is 480. The van der Waals surface area contributed by atoms with E-state index in [0.717, 1.165) is 9.13 Å².